The van der Waals surface area contributed by atoms with Gasteiger partial charge in [-0.25, -0.2) is 0 Å². The molecule has 0 bridgehead atoms. The van der Waals surface area contributed by atoms with Gasteiger partial charge < -0.3 is 10.1 Å². The molecule has 0 radical (unpaired) electrons. The predicted molar refractivity (Wildman–Crippen MR) is 85.5 cm³/mol. The Kier molecular flexibility index (Phi) is 7.56. The minimum atomic E-state index is -3.49. The van der Waals surface area contributed by atoms with Gasteiger partial charge >= 0.3 is 0 Å². The van der Waals surface area contributed by atoms with Crippen LogP contribution >= 0.6 is 0 Å². The standard InChI is InChI=1S/C14H31N3O3S/c1-5-9-15-11-13-8-6-7-10-17(13)21(18,19)16-14(2,3)12-20-4/h13,15-16H,5-12H2,1-4H3. The highest BCUT2D eigenvalue weighted by molar-refractivity contribution is 7.87. The van der Waals surface area contributed by atoms with Crippen LogP contribution in [-0.2, 0) is 14.9 Å². The van der Waals surface area contributed by atoms with Gasteiger partial charge in [-0.15, -0.1) is 0 Å². The van der Waals surface area contributed by atoms with Gasteiger partial charge in [-0.3, -0.25) is 0 Å². The van der Waals surface area contributed by atoms with E-state index in [1.807, 2.05) is 13.8 Å². The van der Waals surface area contributed by atoms with Crippen molar-refractivity contribution in [1.29, 1.82) is 0 Å². The third-order valence-corrected chi connectivity index (χ3v) is 5.51. The number of rotatable bonds is 9. The molecule has 1 atom stereocenters. The van der Waals surface area contributed by atoms with E-state index in [-0.39, 0.29) is 6.04 Å². The van der Waals surface area contributed by atoms with Crippen LogP contribution < -0.4 is 10.0 Å². The van der Waals surface area contributed by atoms with Gasteiger partial charge in [0.25, 0.3) is 10.2 Å². The lowest BCUT2D eigenvalue weighted by Gasteiger charge is -2.37. The van der Waals surface area contributed by atoms with Crippen molar-refractivity contribution in [1.82, 2.24) is 14.3 Å². The summed E-state index contributed by atoms with van der Waals surface area (Å²) in [5.74, 6) is 0. The van der Waals surface area contributed by atoms with Gasteiger partial charge in [0.15, 0.2) is 0 Å². The summed E-state index contributed by atoms with van der Waals surface area (Å²) in [6.07, 6.45) is 3.99. The van der Waals surface area contributed by atoms with E-state index in [0.29, 0.717) is 13.2 Å². The molecule has 0 aromatic rings. The van der Waals surface area contributed by atoms with Gasteiger partial charge in [0, 0.05) is 26.2 Å². The second-order valence-electron chi connectivity index (χ2n) is 6.39. The summed E-state index contributed by atoms with van der Waals surface area (Å²) in [5.41, 5.74) is -0.605. The van der Waals surface area contributed by atoms with E-state index in [2.05, 4.69) is 17.0 Å². The van der Waals surface area contributed by atoms with Crippen molar-refractivity contribution in [2.24, 2.45) is 0 Å². The number of hydrogen-bond donors (Lipinski definition) is 2. The maximum absolute atomic E-state index is 12.7. The van der Waals surface area contributed by atoms with E-state index < -0.39 is 15.7 Å². The molecule has 1 fully saturated rings. The number of ether oxygens (including phenoxy) is 1. The number of piperidine rings is 1. The molecule has 0 aliphatic carbocycles. The summed E-state index contributed by atoms with van der Waals surface area (Å²) in [4.78, 5) is 0. The molecule has 0 aromatic heterocycles. The zero-order valence-corrected chi connectivity index (χ0v) is 14.6. The quantitative estimate of drug-likeness (QED) is 0.624. The molecule has 0 amide bonds. The lowest BCUT2D eigenvalue weighted by atomic mass is 10.1. The van der Waals surface area contributed by atoms with Crippen LogP contribution in [0, 0.1) is 0 Å². The molecule has 0 aromatic carbocycles. The highest BCUT2D eigenvalue weighted by atomic mass is 32.2. The smallest absolute Gasteiger partial charge is 0.280 e. The molecule has 126 valence electrons. The van der Waals surface area contributed by atoms with Crippen molar-refractivity contribution in [3.63, 3.8) is 0 Å². The Balaban J connectivity index is 2.72. The van der Waals surface area contributed by atoms with Crippen LogP contribution in [0.1, 0.15) is 46.5 Å². The molecule has 1 aliphatic heterocycles. The van der Waals surface area contributed by atoms with Crippen molar-refractivity contribution in [3.8, 4) is 0 Å². The molecular weight excluding hydrogens is 290 g/mol. The fourth-order valence-corrected chi connectivity index (χ4v) is 4.55. The highest BCUT2D eigenvalue weighted by Gasteiger charge is 2.35. The maximum Gasteiger partial charge on any atom is 0.280 e. The van der Waals surface area contributed by atoms with Crippen LogP contribution in [0.4, 0.5) is 0 Å². The minimum Gasteiger partial charge on any atom is -0.383 e. The Hall–Kier alpha value is -0.210. The average molecular weight is 321 g/mol. The summed E-state index contributed by atoms with van der Waals surface area (Å²) in [6, 6.07) is 0.0427. The molecule has 1 saturated heterocycles. The maximum atomic E-state index is 12.7. The van der Waals surface area contributed by atoms with Crippen molar-refractivity contribution in [2.75, 3.05) is 33.4 Å². The normalized spacial score (nSPS) is 21.6. The van der Waals surface area contributed by atoms with Gasteiger partial charge in [-0.2, -0.15) is 17.4 Å². The lowest BCUT2D eigenvalue weighted by Crippen LogP contribution is -2.57. The number of nitrogens with zero attached hydrogens (tertiary/aromatic N) is 1. The summed E-state index contributed by atoms with van der Waals surface area (Å²) in [5, 5.41) is 3.34. The Morgan fingerprint density at radius 1 is 1.33 bits per heavy atom. The summed E-state index contributed by atoms with van der Waals surface area (Å²) >= 11 is 0. The first-order valence-corrected chi connectivity index (χ1v) is 9.27. The Labute approximate surface area is 129 Å². The SMILES string of the molecule is CCCNCC1CCCCN1S(=O)(=O)NC(C)(C)COC. The van der Waals surface area contributed by atoms with E-state index in [1.165, 1.54) is 0 Å². The Bertz CT molecular complexity index is 398. The summed E-state index contributed by atoms with van der Waals surface area (Å²) in [6.45, 7) is 8.37. The van der Waals surface area contributed by atoms with Crippen LogP contribution in [0.2, 0.25) is 0 Å². The van der Waals surface area contributed by atoms with Crippen LogP contribution in [0.5, 0.6) is 0 Å². The molecule has 6 nitrogen and oxygen atoms in total. The highest BCUT2D eigenvalue weighted by Crippen LogP contribution is 2.20. The fourth-order valence-electron chi connectivity index (χ4n) is 2.74. The first kappa shape index (κ1) is 18.8. The first-order valence-electron chi connectivity index (χ1n) is 7.83. The fraction of sp³-hybridized carbons (Fsp3) is 1.00. The Morgan fingerprint density at radius 2 is 2.05 bits per heavy atom. The van der Waals surface area contributed by atoms with Crippen molar-refractivity contribution < 1.29 is 13.2 Å². The van der Waals surface area contributed by atoms with Gasteiger partial charge in [0.1, 0.15) is 0 Å². The van der Waals surface area contributed by atoms with Crippen molar-refractivity contribution in [2.45, 2.75) is 58.0 Å². The summed E-state index contributed by atoms with van der Waals surface area (Å²) in [7, 11) is -1.91. The molecule has 7 heteroatoms. The predicted octanol–water partition coefficient (Wildman–Crippen LogP) is 1.10. The third-order valence-electron chi connectivity index (χ3n) is 3.60. The minimum absolute atomic E-state index is 0.0427. The molecule has 1 unspecified atom stereocenters. The Morgan fingerprint density at radius 3 is 2.67 bits per heavy atom. The molecule has 21 heavy (non-hydrogen) atoms. The van der Waals surface area contributed by atoms with Crippen LogP contribution in [0.3, 0.4) is 0 Å². The molecule has 2 N–H and O–H groups in total. The molecule has 1 heterocycles. The van der Waals surface area contributed by atoms with Crippen LogP contribution in [0.25, 0.3) is 0 Å². The number of methoxy groups -OCH3 is 1. The third kappa shape index (κ3) is 6.20. The van der Waals surface area contributed by atoms with Gasteiger partial charge in [0.05, 0.1) is 12.1 Å². The molecule has 1 aliphatic rings. The monoisotopic (exact) mass is 321 g/mol. The van der Waals surface area contributed by atoms with Gasteiger partial charge in [-0.05, 0) is 39.7 Å². The van der Waals surface area contributed by atoms with E-state index in [0.717, 1.165) is 38.8 Å². The zero-order valence-electron chi connectivity index (χ0n) is 13.8. The molecule has 1 rings (SSSR count). The second-order valence-corrected chi connectivity index (χ2v) is 8.01. The van der Waals surface area contributed by atoms with Gasteiger partial charge in [-0.1, -0.05) is 13.3 Å². The number of nitrogens with one attached hydrogen (secondary N) is 2. The zero-order chi connectivity index (χ0) is 15.9. The lowest BCUT2D eigenvalue weighted by molar-refractivity contribution is 0.138. The largest absolute Gasteiger partial charge is 0.383 e. The van der Waals surface area contributed by atoms with Crippen LogP contribution in [0.15, 0.2) is 0 Å². The van der Waals surface area contributed by atoms with Crippen LogP contribution in [-0.4, -0.2) is 57.7 Å². The average Bonchev–Trinajstić information content (AvgIpc) is 2.38. The number of hydrogen-bond acceptors (Lipinski definition) is 4. The topological polar surface area (TPSA) is 70.7 Å². The van der Waals surface area contributed by atoms with E-state index >= 15 is 0 Å². The van der Waals surface area contributed by atoms with Gasteiger partial charge in [0.2, 0.25) is 0 Å². The molecule has 0 saturated carbocycles. The van der Waals surface area contributed by atoms with Crippen molar-refractivity contribution in [3.05, 3.63) is 0 Å². The molecular formula is C14H31N3O3S. The van der Waals surface area contributed by atoms with Crippen molar-refractivity contribution >= 4 is 10.2 Å². The second kappa shape index (κ2) is 8.43. The van der Waals surface area contributed by atoms with E-state index in [4.69, 9.17) is 4.74 Å². The summed E-state index contributed by atoms with van der Waals surface area (Å²) < 4.78 is 34.8. The van der Waals surface area contributed by atoms with E-state index in [9.17, 15) is 8.42 Å². The molecule has 0 spiro atoms. The first-order chi connectivity index (χ1) is 9.82. The van der Waals surface area contributed by atoms with E-state index in [1.54, 1.807) is 11.4 Å².